The fourth-order valence-corrected chi connectivity index (χ4v) is 1.42. The predicted molar refractivity (Wildman–Crippen MR) is 83.5 cm³/mol. The molecular formula is C14H14O4S2Zn. The average Bonchev–Trinajstić information content (AvgIpc) is 2.41. The Kier molecular flexibility index (Phi) is 16.2. The van der Waals surface area contributed by atoms with Gasteiger partial charge in [0.25, 0.3) is 0 Å². The van der Waals surface area contributed by atoms with E-state index in [9.17, 15) is 9.59 Å². The van der Waals surface area contributed by atoms with Crippen molar-refractivity contribution in [2.24, 2.45) is 0 Å². The van der Waals surface area contributed by atoms with E-state index in [2.05, 4.69) is 25.3 Å². The average molecular weight is 376 g/mol. The van der Waals surface area contributed by atoms with Crippen LogP contribution in [-0.2, 0) is 44.7 Å². The molecule has 2 aromatic rings. The molecule has 4 N–H and O–H groups in total. The van der Waals surface area contributed by atoms with Crippen LogP contribution in [0, 0.1) is 0 Å². The molecule has 0 heterocycles. The molecule has 0 saturated heterocycles. The normalized spacial score (nSPS) is 7.62. The summed E-state index contributed by atoms with van der Waals surface area (Å²) >= 11 is 8.81. The van der Waals surface area contributed by atoms with Crippen molar-refractivity contribution in [1.82, 2.24) is 0 Å². The summed E-state index contributed by atoms with van der Waals surface area (Å²) in [6.07, 6.45) is 0. The fraction of sp³-hybridized carbons (Fsp3) is 0. The fourth-order valence-electron chi connectivity index (χ4n) is 1.15. The van der Waals surface area contributed by atoms with Crippen molar-refractivity contribution in [2.75, 3.05) is 0 Å². The molecule has 0 aromatic heterocycles. The van der Waals surface area contributed by atoms with Crippen LogP contribution in [0.25, 0.3) is 0 Å². The third-order valence-corrected chi connectivity index (χ3v) is 2.49. The minimum absolute atomic E-state index is 0. The number of carbonyl (C=O) groups is 2. The molecule has 0 unspecified atom stereocenters. The summed E-state index contributed by atoms with van der Waals surface area (Å²) in [5, 5.41) is -0.591. The van der Waals surface area contributed by atoms with Gasteiger partial charge >= 0.3 is 19.5 Å². The maximum Gasteiger partial charge on any atom is 2.00 e. The molecule has 108 valence electrons. The molecule has 0 amide bonds. The Balaban J connectivity index is -0.000000270. The molecule has 2 aromatic carbocycles. The molecule has 0 spiro atoms. The van der Waals surface area contributed by atoms with E-state index in [1.54, 1.807) is 48.5 Å². The van der Waals surface area contributed by atoms with Crippen molar-refractivity contribution in [1.29, 1.82) is 0 Å². The van der Waals surface area contributed by atoms with E-state index in [-0.39, 0.29) is 40.7 Å². The first-order chi connectivity index (χ1) is 8.61. The van der Waals surface area contributed by atoms with Crippen molar-refractivity contribution in [3.63, 3.8) is 0 Å². The van der Waals surface area contributed by atoms with Crippen LogP contribution in [0.2, 0.25) is 0 Å². The summed E-state index contributed by atoms with van der Waals surface area (Å²) in [5.74, 6) is 0. The third-order valence-electron chi connectivity index (χ3n) is 2.02. The Morgan fingerprint density at radius 1 is 0.619 bits per heavy atom. The molecule has 0 aliphatic heterocycles. The number of rotatable bonds is 2. The molecule has 7 heteroatoms. The summed E-state index contributed by atoms with van der Waals surface area (Å²) in [4.78, 5) is 20.9. The topological polar surface area (TPSA) is 97.1 Å². The molecule has 21 heavy (non-hydrogen) atoms. The minimum Gasteiger partial charge on any atom is -0.737 e. The van der Waals surface area contributed by atoms with E-state index >= 15 is 0 Å². The van der Waals surface area contributed by atoms with Crippen molar-refractivity contribution in [2.45, 2.75) is 0 Å². The van der Waals surface area contributed by atoms with Gasteiger partial charge in [0.2, 0.25) is 0 Å². The third kappa shape index (κ3) is 10.2. The van der Waals surface area contributed by atoms with Gasteiger partial charge in [-0.25, -0.2) is 0 Å². The molecular weight excluding hydrogens is 362 g/mol. The van der Waals surface area contributed by atoms with Gasteiger partial charge < -0.3 is 45.8 Å². The van der Waals surface area contributed by atoms with Gasteiger partial charge in [0.15, 0.2) is 0 Å². The minimum atomic E-state index is -0.296. The van der Waals surface area contributed by atoms with E-state index in [4.69, 9.17) is 0 Å². The van der Waals surface area contributed by atoms with Crippen molar-refractivity contribution < 1.29 is 40.0 Å². The standard InChI is InChI=1S/2C7H6OS.2H2O.Zn/c2*8-7(9)6-4-2-1-3-5-6;;;/h2*1-5H,(H,8,9);2*1H2;/q;;;;+2/p-2. The summed E-state index contributed by atoms with van der Waals surface area (Å²) in [6.45, 7) is 0. The van der Waals surface area contributed by atoms with Gasteiger partial charge in [0.1, 0.15) is 0 Å². The molecule has 0 bridgehead atoms. The summed E-state index contributed by atoms with van der Waals surface area (Å²) in [5.41, 5.74) is 1.18. The number of hydrogen-bond donors (Lipinski definition) is 0. The van der Waals surface area contributed by atoms with E-state index < -0.39 is 0 Å². The molecule has 0 radical (unpaired) electrons. The molecule has 2 rings (SSSR count). The molecule has 4 nitrogen and oxygen atoms in total. The van der Waals surface area contributed by atoms with Crippen molar-refractivity contribution in [3.05, 3.63) is 71.8 Å². The second-order valence-electron chi connectivity index (χ2n) is 3.31. The largest absolute Gasteiger partial charge is 2.00 e. The second kappa shape index (κ2) is 13.7. The first kappa shape index (κ1) is 24.8. The number of carbonyl (C=O) groups excluding carboxylic acids is 2. The molecule has 0 aliphatic carbocycles. The van der Waals surface area contributed by atoms with E-state index in [0.29, 0.717) is 11.1 Å². The monoisotopic (exact) mass is 374 g/mol. The number of hydrogen-bond acceptors (Lipinski definition) is 4. The van der Waals surface area contributed by atoms with Crippen LogP contribution >= 0.6 is 0 Å². The first-order valence-corrected chi connectivity index (χ1v) is 5.95. The van der Waals surface area contributed by atoms with Gasteiger partial charge in [0.05, 0.1) is 0 Å². The van der Waals surface area contributed by atoms with Crippen LogP contribution in [0.3, 0.4) is 0 Å². The zero-order valence-electron chi connectivity index (χ0n) is 11.1. The van der Waals surface area contributed by atoms with Gasteiger partial charge in [0, 0.05) is 10.2 Å². The van der Waals surface area contributed by atoms with Crippen LogP contribution < -0.4 is 0 Å². The Morgan fingerprint density at radius 2 is 0.857 bits per heavy atom. The number of benzene rings is 2. The Morgan fingerprint density at radius 3 is 1.00 bits per heavy atom. The maximum atomic E-state index is 10.5. The summed E-state index contributed by atoms with van der Waals surface area (Å²) < 4.78 is 0. The zero-order chi connectivity index (χ0) is 13.4. The van der Waals surface area contributed by atoms with E-state index in [1.165, 1.54) is 0 Å². The smallest absolute Gasteiger partial charge is 0.737 e. The van der Waals surface area contributed by atoms with Crippen molar-refractivity contribution in [3.8, 4) is 0 Å². The molecule has 0 atom stereocenters. The van der Waals surface area contributed by atoms with Crippen LogP contribution in [0.4, 0.5) is 0 Å². The van der Waals surface area contributed by atoms with Gasteiger partial charge in [-0.1, -0.05) is 60.7 Å². The maximum absolute atomic E-state index is 10.5. The van der Waals surface area contributed by atoms with Crippen LogP contribution in [-0.4, -0.2) is 21.2 Å². The Hall–Kier alpha value is -1.24. The Labute approximate surface area is 147 Å². The van der Waals surface area contributed by atoms with Gasteiger partial charge in [-0.05, 0) is 11.1 Å². The molecule has 0 saturated carbocycles. The summed E-state index contributed by atoms with van der Waals surface area (Å²) in [6, 6.07) is 17.7. The van der Waals surface area contributed by atoms with E-state index in [1.807, 2.05) is 12.1 Å². The quantitative estimate of drug-likeness (QED) is 0.579. The SMILES string of the molecule is O.O.O=C([S-])c1ccccc1.O=C([S-])c1ccccc1.[Zn+2]. The Bertz CT molecular complexity index is 472. The summed E-state index contributed by atoms with van der Waals surface area (Å²) in [7, 11) is 0. The van der Waals surface area contributed by atoms with Gasteiger partial charge in [-0.15, -0.1) is 0 Å². The molecule has 0 fully saturated rings. The van der Waals surface area contributed by atoms with E-state index in [0.717, 1.165) is 0 Å². The van der Waals surface area contributed by atoms with Gasteiger partial charge in [-0.2, -0.15) is 0 Å². The van der Waals surface area contributed by atoms with Crippen LogP contribution in [0.1, 0.15) is 20.7 Å². The van der Waals surface area contributed by atoms with Crippen molar-refractivity contribution >= 4 is 35.5 Å². The van der Waals surface area contributed by atoms with Crippen LogP contribution in [0.15, 0.2) is 60.7 Å². The first-order valence-electron chi connectivity index (χ1n) is 5.14. The zero-order valence-corrected chi connectivity index (χ0v) is 15.7. The predicted octanol–water partition coefficient (Wildman–Crippen LogP) is 1.10. The van der Waals surface area contributed by atoms with Gasteiger partial charge in [-0.3, -0.25) is 0 Å². The van der Waals surface area contributed by atoms with Crippen LogP contribution in [0.5, 0.6) is 0 Å². The second-order valence-corrected chi connectivity index (χ2v) is 4.05. The molecule has 0 aliphatic rings.